The number of ether oxygens (including phenoxy) is 3. The third kappa shape index (κ3) is 20.2. The number of carbonyl (C=O) groups excluding carboxylic acids is 3. The van der Waals surface area contributed by atoms with Crippen LogP contribution in [0.1, 0.15) is 121 Å². The van der Waals surface area contributed by atoms with Crippen molar-refractivity contribution in [3.05, 3.63) is 56.8 Å². The molecule has 4 N–H and O–H groups in total. The summed E-state index contributed by atoms with van der Waals surface area (Å²) in [4.78, 5) is 38.4. The first-order chi connectivity index (χ1) is 25.3. The van der Waals surface area contributed by atoms with Crippen molar-refractivity contribution in [2.75, 3.05) is 24.7 Å². The molecule has 0 saturated heterocycles. The Hall–Kier alpha value is 0.570. The summed E-state index contributed by atoms with van der Waals surface area (Å²) in [5.74, 6) is -1.26. The smallest absolute Gasteiger partial charge is 0.306 e. The molecule has 296 valence electrons. The molecule has 0 fully saturated rings. The third-order valence-electron chi connectivity index (χ3n) is 8.56. The summed E-state index contributed by atoms with van der Waals surface area (Å²) in [7, 11) is 0. The molecule has 0 saturated carbocycles. The van der Waals surface area contributed by atoms with Crippen LogP contribution in [0.5, 0.6) is 0 Å². The van der Waals surface area contributed by atoms with E-state index in [1.807, 2.05) is 12.1 Å². The quantitative estimate of drug-likeness (QED) is 0.0238. The first kappa shape index (κ1) is 49.7. The van der Waals surface area contributed by atoms with Crippen molar-refractivity contribution in [1.82, 2.24) is 0 Å². The highest BCUT2D eigenvalue weighted by atomic mass is 127. The molecule has 8 nitrogen and oxygen atoms in total. The van der Waals surface area contributed by atoms with Gasteiger partial charge in [-0.05, 0) is 204 Å². The van der Waals surface area contributed by atoms with Gasteiger partial charge in [-0.1, -0.05) is 70.4 Å². The van der Waals surface area contributed by atoms with Crippen molar-refractivity contribution in [1.29, 1.82) is 0 Å². The average molecular weight is 1410 g/mol. The lowest BCUT2D eigenvalue weighted by Crippen LogP contribution is -2.31. The van der Waals surface area contributed by atoms with Crippen molar-refractivity contribution in [2.24, 2.45) is 0 Å². The molecule has 14 heteroatoms. The Labute approximate surface area is 398 Å². The fourth-order valence-electron chi connectivity index (χ4n) is 5.43. The number of allylic oxidation sites excluding steroid dienone is 2. The maximum Gasteiger partial charge on any atom is 0.306 e. The average Bonchev–Trinajstić information content (AvgIpc) is 3.12. The summed E-state index contributed by atoms with van der Waals surface area (Å²) in [6.45, 7) is 1.85. The minimum Gasteiger partial charge on any atom is -0.462 e. The van der Waals surface area contributed by atoms with E-state index in [1.54, 1.807) is 0 Å². The van der Waals surface area contributed by atoms with Crippen LogP contribution in [0.25, 0.3) is 0 Å². The first-order valence-electron chi connectivity index (χ1n) is 18.3. The van der Waals surface area contributed by atoms with Crippen LogP contribution < -0.4 is 11.5 Å². The maximum atomic E-state index is 12.8. The molecule has 0 aromatic heterocycles. The molecule has 0 aliphatic rings. The number of esters is 3. The number of halogens is 6. The zero-order chi connectivity index (χ0) is 39.2. The van der Waals surface area contributed by atoms with Gasteiger partial charge >= 0.3 is 17.9 Å². The van der Waals surface area contributed by atoms with Gasteiger partial charge in [-0.3, -0.25) is 14.4 Å². The monoisotopic (exact) mass is 1410 g/mol. The summed E-state index contributed by atoms with van der Waals surface area (Å²) in [6.07, 6.45) is 20.4. The van der Waals surface area contributed by atoms with E-state index in [0.29, 0.717) is 30.6 Å². The number of unbranched alkanes of at least 4 members (excludes halogenated alkanes) is 11. The van der Waals surface area contributed by atoms with Crippen molar-refractivity contribution < 1.29 is 28.6 Å². The van der Waals surface area contributed by atoms with Crippen molar-refractivity contribution in [3.8, 4) is 0 Å². The lowest BCUT2D eigenvalue weighted by Gasteiger charge is -2.19. The molecule has 0 bridgehead atoms. The van der Waals surface area contributed by atoms with Gasteiger partial charge < -0.3 is 25.7 Å². The second-order valence-electron chi connectivity index (χ2n) is 12.9. The largest absolute Gasteiger partial charge is 0.462 e. The number of carbonyl (C=O) groups is 3. The molecule has 0 amide bonds. The molecule has 0 aliphatic carbocycles. The first-order valence-corrected chi connectivity index (χ1v) is 24.8. The summed E-state index contributed by atoms with van der Waals surface area (Å²) in [5.41, 5.74) is 15.8. The van der Waals surface area contributed by atoms with Gasteiger partial charge in [0, 0.05) is 40.7 Å². The van der Waals surface area contributed by atoms with Crippen LogP contribution in [-0.2, 0) is 41.4 Å². The van der Waals surface area contributed by atoms with Gasteiger partial charge in [-0.15, -0.1) is 0 Å². The molecule has 0 radical (unpaired) electrons. The topological polar surface area (TPSA) is 131 Å². The van der Waals surface area contributed by atoms with E-state index in [4.69, 9.17) is 25.7 Å². The standard InChI is InChI=1S/C39H52I6N2O6/c1-2-3-4-5-6-7-8-9-10-11-12-13-14-15-16-17-35(50)53-26(24-51-33(48)20-18-27-29(40)22-31(42)38(46)36(27)44)25-52-34(49)21-19-28-30(41)23-32(43)39(47)37(28)45/h9-10,22-23,26H,2-8,11-21,24-25,46-47H2,1H3/b10-9-. The van der Waals surface area contributed by atoms with Gasteiger partial charge in [-0.2, -0.15) is 0 Å². The Morgan fingerprint density at radius 2 is 1.00 bits per heavy atom. The highest BCUT2D eigenvalue weighted by Gasteiger charge is 2.21. The summed E-state index contributed by atoms with van der Waals surface area (Å²) < 4.78 is 22.6. The van der Waals surface area contributed by atoms with E-state index in [9.17, 15) is 14.4 Å². The second-order valence-corrected chi connectivity index (χ2v) is 19.7. The van der Waals surface area contributed by atoms with Gasteiger partial charge in [0.2, 0.25) is 0 Å². The van der Waals surface area contributed by atoms with Crippen LogP contribution in [0, 0.1) is 21.4 Å². The molecule has 2 aromatic carbocycles. The lowest BCUT2D eigenvalue weighted by molar-refractivity contribution is -0.166. The fraction of sp³-hybridized carbons (Fsp3) is 0.564. The van der Waals surface area contributed by atoms with Crippen molar-refractivity contribution in [2.45, 2.75) is 129 Å². The zero-order valence-corrected chi connectivity index (χ0v) is 43.3. The Balaban J connectivity index is 1.82. The van der Waals surface area contributed by atoms with Crippen LogP contribution in [-0.4, -0.2) is 37.2 Å². The minimum absolute atomic E-state index is 0.137. The Kier molecular flexibility index (Phi) is 27.1. The number of benzene rings is 2. The van der Waals surface area contributed by atoms with Crippen LogP contribution >= 0.6 is 136 Å². The highest BCUT2D eigenvalue weighted by Crippen LogP contribution is 2.31. The van der Waals surface area contributed by atoms with E-state index >= 15 is 0 Å². The van der Waals surface area contributed by atoms with Crippen LogP contribution in [0.3, 0.4) is 0 Å². The van der Waals surface area contributed by atoms with E-state index in [0.717, 1.165) is 64.7 Å². The molecule has 0 heterocycles. The number of anilines is 2. The van der Waals surface area contributed by atoms with Crippen LogP contribution in [0.15, 0.2) is 24.3 Å². The maximum absolute atomic E-state index is 12.8. The number of hydrogen-bond acceptors (Lipinski definition) is 8. The van der Waals surface area contributed by atoms with Crippen molar-refractivity contribution in [3.63, 3.8) is 0 Å². The molecular weight excluding hydrogens is 1350 g/mol. The van der Waals surface area contributed by atoms with E-state index in [2.05, 4.69) is 155 Å². The molecule has 2 aromatic rings. The van der Waals surface area contributed by atoms with Gasteiger partial charge in [0.1, 0.15) is 13.2 Å². The van der Waals surface area contributed by atoms with Crippen LogP contribution in [0.2, 0.25) is 0 Å². The number of nitrogen functional groups attached to an aromatic ring is 2. The second kappa shape index (κ2) is 28.9. The molecule has 0 unspecified atom stereocenters. The SMILES string of the molecule is CCCCCCCC/C=C\CCCCCCCC(=O)OC(COC(=O)CCc1c(I)cc(I)c(N)c1I)COC(=O)CCc1c(I)cc(I)c(N)c1I. The minimum atomic E-state index is -0.901. The predicted molar refractivity (Wildman–Crippen MR) is 266 cm³/mol. The lowest BCUT2D eigenvalue weighted by atomic mass is 10.1. The van der Waals surface area contributed by atoms with Gasteiger partial charge in [0.05, 0.1) is 11.4 Å². The Bertz CT molecular complexity index is 1420. The Morgan fingerprint density at radius 3 is 1.45 bits per heavy atom. The molecule has 0 atom stereocenters. The Morgan fingerprint density at radius 1 is 0.585 bits per heavy atom. The van der Waals surface area contributed by atoms with Gasteiger partial charge in [0.15, 0.2) is 6.10 Å². The molecule has 2 rings (SSSR count). The molecular formula is C39H52I6N2O6. The molecule has 0 aliphatic heterocycles. The zero-order valence-electron chi connectivity index (χ0n) is 30.4. The third-order valence-corrected chi connectivity index (χ3v) is 14.7. The van der Waals surface area contributed by atoms with E-state index < -0.39 is 24.0 Å². The van der Waals surface area contributed by atoms with Crippen molar-refractivity contribution >= 4 is 165 Å². The van der Waals surface area contributed by atoms with E-state index in [-0.39, 0.29) is 32.5 Å². The molecule has 0 spiro atoms. The normalized spacial score (nSPS) is 11.4. The number of hydrogen-bond donors (Lipinski definition) is 2. The van der Waals surface area contributed by atoms with Gasteiger partial charge in [0.25, 0.3) is 0 Å². The summed E-state index contributed by atoms with van der Waals surface area (Å²) >= 11 is 13.3. The fourth-order valence-corrected chi connectivity index (χ4v) is 13.2. The van der Waals surface area contributed by atoms with Crippen LogP contribution in [0.4, 0.5) is 11.4 Å². The number of nitrogens with two attached hydrogens (primary N) is 2. The summed E-state index contributed by atoms with van der Waals surface area (Å²) in [6, 6.07) is 3.99. The van der Waals surface area contributed by atoms with Gasteiger partial charge in [-0.25, -0.2) is 0 Å². The van der Waals surface area contributed by atoms with E-state index in [1.165, 1.54) is 44.9 Å². The highest BCUT2D eigenvalue weighted by molar-refractivity contribution is 14.1. The molecule has 53 heavy (non-hydrogen) atoms. The number of rotatable bonds is 26. The predicted octanol–water partition coefficient (Wildman–Crippen LogP) is 12.1. The summed E-state index contributed by atoms with van der Waals surface area (Å²) in [5, 5.41) is 0.